The van der Waals surface area contributed by atoms with Gasteiger partial charge in [0, 0.05) is 87.3 Å². The highest BCUT2D eigenvalue weighted by atomic mass is 16.5. The highest BCUT2D eigenvalue weighted by Crippen LogP contribution is 2.29. The maximum Gasteiger partial charge on any atom is 0.328 e. The van der Waals surface area contributed by atoms with Gasteiger partial charge in [-0.05, 0) is 92.3 Å². The normalized spacial score (nSPS) is 17.3. The number of amides is 4. The first-order chi connectivity index (χ1) is 29.4. The smallest absolute Gasteiger partial charge is 0.328 e. The van der Waals surface area contributed by atoms with E-state index in [1.54, 1.807) is 11.1 Å². The number of anilines is 5. The lowest BCUT2D eigenvalue weighted by Gasteiger charge is -2.39. The number of rotatable bonds is 11. The predicted molar refractivity (Wildman–Crippen MR) is 232 cm³/mol. The van der Waals surface area contributed by atoms with E-state index in [1.165, 1.54) is 5.69 Å². The lowest BCUT2D eigenvalue weighted by molar-refractivity contribution is -0.120. The third-order valence-corrected chi connectivity index (χ3v) is 11.6. The molecule has 17 nitrogen and oxygen atoms in total. The van der Waals surface area contributed by atoms with Crippen LogP contribution in [0.25, 0.3) is 11.3 Å². The number of piperazine rings is 1. The standard InChI is InChI=1S/C44H53N13O4/c1-28-26-31(6-11-34(28)29(2)46-39(59)40-50-41(53-61-40)44(3,4)5)35-14-18-45-42(47-35)48-36-12-13-37(52-51-36)56-24-22-54(23-25-56)27-30-15-19-55(20-16-30)32-7-9-33(10-8-32)57-21-17-38(58)49-43(57)60/h6-14,18,26,29-30H,15-17,19-25,27H2,1-5H3,(H,46,59)(H,49,58,60)(H,45,47,48,51). The van der Waals surface area contributed by atoms with Crippen molar-refractivity contribution < 1.29 is 18.9 Å². The molecule has 3 N–H and O–H groups in total. The molecular weight excluding hydrogens is 775 g/mol. The molecule has 0 radical (unpaired) electrons. The Labute approximate surface area is 355 Å². The van der Waals surface area contributed by atoms with Gasteiger partial charge in [-0.3, -0.25) is 24.7 Å². The molecular formula is C44H53N13O4. The van der Waals surface area contributed by atoms with Crippen molar-refractivity contribution in [1.82, 2.24) is 45.8 Å². The van der Waals surface area contributed by atoms with Crippen molar-refractivity contribution in [2.24, 2.45) is 5.92 Å². The molecule has 0 aliphatic carbocycles. The van der Waals surface area contributed by atoms with Crippen LogP contribution < -0.4 is 30.7 Å². The Balaban J connectivity index is 0.782. The van der Waals surface area contributed by atoms with Gasteiger partial charge in [-0.25, -0.2) is 14.8 Å². The number of carbonyl (C=O) groups is 3. The molecule has 5 aromatic rings. The van der Waals surface area contributed by atoms with Crippen LogP contribution in [0.15, 0.2) is 71.4 Å². The molecule has 3 aliphatic heterocycles. The molecule has 1 unspecified atom stereocenters. The van der Waals surface area contributed by atoms with Gasteiger partial charge in [0.2, 0.25) is 11.9 Å². The molecule has 1 atom stereocenters. The number of hydrogen-bond donors (Lipinski definition) is 3. The van der Waals surface area contributed by atoms with Gasteiger partial charge in [0.25, 0.3) is 0 Å². The average Bonchev–Trinajstić information content (AvgIpc) is 3.77. The molecule has 4 amide bonds. The predicted octanol–water partition coefficient (Wildman–Crippen LogP) is 5.64. The largest absolute Gasteiger partial charge is 0.372 e. The summed E-state index contributed by atoms with van der Waals surface area (Å²) in [5.74, 6) is 2.26. The number of nitrogens with zero attached hydrogens (tertiary/aromatic N) is 10. The zero-order valence-electron chi connectivity index (χ0n) is 35.4. The Morgan fingerprint density at radius 3 is 2.31 bits per heavy atom. The van der Waals surface area contributed by atoms with E-state index >= 15 is 0 Å². The summed E-state index contributed by atoms with van der Waals surface area (Å²) < 4.78 is 5.22. The number of imide groups is 1. The van der Waals surface area contributed by atoms with Crippen molar-refractivity contribution in [1.29, 1.82) is 0 Å². The van der Waals surface area contributed by atoms with E-state index in [9.17, 15) is 14.4 Å². The minimum atomic E-state index is -0.418. The van der Waals surface area contributed by atoms with Gasteiger partial charge in [-0.15, -0.1) is 10.2 Å². The van der Waals surface area contributed by atoms with Gasteiger partial charge < -0.3 is 25.0 Å². The monoisotopic (exact) mass is 827 g/mol. The quantitative estimate of drug-likeness (QED) is 0.148. The van der Waals surface area contributed by atoms with Crippen molar-refractivity contribution in [2.45, 2.75) is 65.3 Å². The molecule has 0 bridgehead atoms. The lowest BCUT2D eigenvalue weighted by atomic mass is 9.95. The highest BCUT2D eigenvalue weighted by Gasteiger charge is 2.28. The molecule has 3 saturated heterocycles. The maximum atomic E-state index is 12.9. The van der Waals surface area contributed by atoms with Crippen LogP contribution in [0.5, 0.6) is 0 Å². The molecule has 3 aliphatic rings. The maximum absolute atomic E-state index is 12.9. The number of nitrogens with one attached hydrogen (secondary N) is 3. The summed E-state index contributed by atoms with van der Waals surface area (Å²) in [5.41, 5.74) is 5.26. The zero-order chi connectivity index (χ0) is 42.7. The number of piperidine rings is 1. The molecule has 8 rings (SSSR count). The average molecular weight is 828 g/mol. The zero-order valence-corrected chi connectivity index (χ0v) is 35.4. The summed E-state index contributed by atoms with van der Waals surface area (Å²) in [4.78, 5) is 58.9. The van der Waals surface area contributed by atoms with Crippen LogP contribution in [0.2, 0.25) is 0 Å². The summed E-state index contributed by atoms with van der Waals surface area (Å²) in [6, 6.07) is 19.2. The first-order valence-corrected chi connectivity index (χ1v) is 21.0. The van der Waals surface area contributed by atoms with E-state index in [1.807, 2.05) is 83.1 Å². The van der Waals surface area contributed by atoms with Crippen LogP contribution >= 0.6 is 0 Å². The second-order valence-electron chi connectivity index (χ2n) is 17.1. The Hall–Kier alpha value is -6.49. The van der Waals surface area contributed by atoms with E-state index in [0.717, 1.165) is 92.5 Å². The van der Waals surface area contributed by atoms with E-state index < -0.39 is 5.91 Å². The second kappa shape index (κ2) is 17.6. The van der Waals surface area contributed by atoms with Crippen LogP contribution in [-0.2, 0) is 10.2 Å². The van der Waals surface area contributed by atoms with E-state index in [0.29, 0.717) is 36.5 Å². The van der Waals surface area contributed by atoms with Crippen LogP contribution in [0, 0.1) is 12.8 Å². The van der Waals surface area contributed by atoms with Gasteiger partial charge >= 0.3 is 17.8 Å². The van der Waals surface area contributed by atoms with E-state index in [2.05, 4.69) is 68.1 Å². The van der Waals surface area contributed by atoms with Gasteiger partial charge in [-0.2, -0.15) is 4.98 Å². The lowest BCUT2D eigenvalue weighted by Crippen LogP contribution is -2.49. The fourth-order valence-electron chi connectivity index (χ4n) is 8.08. The van der Waals surface area contributed by atoms with Crippen LogP contribution in [0.1, 0.15) is 80.6 Å². The number of aryl methyl sites for hydroxylation is 1. The summed E-state index contributed by atoms with van der Waals surface area (Å²) in [7, 11) is 0. The van der Waals surface area contributed by atoms with E-state index in [4.69, 9.17) is 9.51 Å². The fraction of sp³-hybridized carbons (Fsp3) is 0.432. The molecule has 17 heteroatoms. The van der Waals surface area contributed by atoms with Crippen LogP contribution in [0.3, 0.4) is 0 Å². The summed E-state index contributed by atoms with van der Waals surface area (Å²) in [6.07, 6.45) is 4.31. The van der Waals surface area contributed by atoms with Crippen molar-refractivity contribution in [3.8, 4) is 11.3 Å². The summed E-state index contributed by atoms with van der Waals surface area (Å²) in [6.45, 7) is 17.1. The molecule has 3 fully saturated rings. The molecule has 61 heavy (non-hydrogen) atoms. The topological polar surface area (TPSA) is 191 Å². The molecule has 3 aromatic heterocycles. The molecule has 0 spiro atoms. The first-order valence-electron chi connectivity index (χ1n) is 21.0. The van der Waals surface area contributed by atoms with Gasteiger partial charge in [0.05, 0.1) is 11.7 Å². The molecule has 318 valence electrons. The third kappa shape index (κ3) is 9.78. The van der Waals surface area contributed by atoms with Crippen molar-refractivity contribution in [3.05, 3.63) is 89.7 Å². The highest BCUT2D eigenvalue weighted by molar-refractivity contribution is 6.05. The SMILES string of the molecule is Cc1cc(-c2ccnc(Nc3ccc(N4CCN(CC5CCN(c6ccc(N7CCC(=O)NC7=O)cc6)CC5)CC4)nn3)n2)ccc1C(C)NC(=O)c1nc(C(C)(C)C)no1. The Kier molecular flexibility index (Phi) is 11.9. The minimum Gasteiger partial charge on any atom is -0.372 e. The van der Waals surface area contributed by atoms with Crippen LogP contribution in [0.4, 0.5) is 33.8 Å². The Morgan fingerprint density at radius 2 is 1.64 bits per heavy atom. The van der Waals surface area contributed by atoms with Crippen molar-refractivity contribution in [2.75, 3.05) is 72.4 Å². The molecule has 2 aromatic carbocycles. The molecule has 0 saturated carbocycles. The van der Waals surface area contributed by atoms with Gasteiger partial charge in [-0.1, -0.05) is 38.1 Å². The minimum absolute atomic E-state index is 0.0556. The van der Waals surface area contributed by atoms with Gasteiger partial charge in [0.15, 0.2) is 17.5 Å². The second-order valence-corrected chi connectivity index (χ2v) is 17.1. The number of hydrogen-bond acceptors (Lipinski definition) is 14. The summed E-state index contributed by atoms with van der Waals surface area (Å²) in [5, 5.41) is 21.5. The number of urea groups is 1. The fourth-order valence-corrected chi connectivity index (χ4v) is 8.08. The Morgan fingerprint density at radius 1 is 0.885 bits per heavy atom. The summed E-state index contributed by atoms with van der Waals surface area (Å²) >= 11 is 0. The number of carbonyl (C=O) groups excluding carboxylic acids is 3. The number of benzene rings is 2. The van der Waals surface area contributed by atoms with Crippen LogP contribution in [-0.4, -0.2) is 105 Å². The first kappa shape index (κ1) is 41.3. The Bertz CT molecular complexity index is 2350. The van der Waals surface area contributed by atoms with Crippen molar-refractivity contribution >= 4 is 46.8 Å². The third-order valence-electron chi connectivity index (χ3n) is 11.6. The van der Waals surface area contributed by atoms with E-state index in [-0.39, 0.29) is 29.3 Å². The number of aromatic nitrogens is 6. The molecule has 6 heterocycles. The van der Waals surface area contributed by atoms with Gasteiger partial charge in [0.1, 0.15) is 0 Å². The van der Waals surface area contributed by atoms with Crippen molar-refractivity contribution in [3.63, 3.8) is 0 Å².